The molecule has 1 aliphatic rings. The van der Waals surface area contributed by atoms with E-state index in [1.807, 2.05) is 91.0 Å². The first-order valence-electron chi connectivity index (χ1n) is 11.5. The molecular weight excluding hydrogens is 420 g/mol. The van der Waals surface area contributed by atoms with Crippen molar-refractivity contribution in [3.8, 4) is 11.1 Å². The summed E-state index contributed by atoms with van der Waals surface area (Å²) >= 11 is 0. The van der Waals surface area contributed by atoms with Gasteiger partial charge in [-0.3, -0.25) is 0 Å². The zero-order valence-corrected chi connectivity index (χ0v) is 18.8. The predicted octanol–water partition coefficient (Wildman–Crippen LogP) is 6.98. The topological polar surface area (TPSA) is 50.4 Å². The minimum Gasteiger partial charge on any atom is -0.449 e. The minimum atomic E-state index is -0.408. The van der Waals surface area contributed by atoms with Crippen LogP contribution in [0.3, 0.4) is 0 Å². The van der Waals surface area contributed by atoms with Crippen LogP contribution in [0.15, 0.2) is 109 Å². The number of benzene rings is 4. The molecule has 4 heteroatoms. The van der Waals surface area contributed by atoms with Crippen LogP contribution in [0, 0.1) is 0 Å². The number of para-hydroxylation sites is 1. The van der Waals surface area contributed by atoms with E-state index in [1.54, 1.807) is 0 Å². The fourth-order valence-electron chi connectivity index (χ4n) is 4.35. The quantitative estimate of drug-likeness (QED) is 0.322. The number of ether oxygens (including phenoxy) is 1. The summed E-state index contributed by atoms with van der Waals surface area (Å²) in [6.45, 7) is 0.722. The van der Waals surface area contributed by atoms with E-state index in [-0.39, 0.29) is 5.92 Å². The van der Waals surface area contributed by atoms with Crippen molar-refractivity contribution < 1.29 is 9.53 Å². The number of carbonyl (C=O) groups is 1. The van der Waals surface area contributed by atoms with Crippen molar-refractivity contribution in [1.82, 2.24) is 5.32 Å². The highest BCUT2D eigenvalue weighted by molar-refractivity contribution is 5.79. The Morgan fingerprint density at radius 1 is 0.735 bits per heavy atom. The molecule has 0 saturated heterocycles. The third-order valence-electron chi connectivity index (χ3n) is 5.99. The van der Waals surface area contributed by atoms with E-state index in [0.717, 1.165) is 16.9 Å². The van der Waals surface area contributed by atoms with Crippen LogP contribution in [0.1, 0.15) is 22.6 Å². The first-order valence-corrected chi connectivity index (χ1v) is 11.5. The van der Waals surface area contributed by atoms with E-state index in [0.29, 0.717) is 13.2 Å². The summed E-state index contributed by atoms with van der Waals surface area (Å²) in [4.78, 5) is 12.3. The molecule has 0 unspecified atom stereocenters. The lowest BCUT2D eigenvalue weighted by Crippen LogP contribution is -2.26. The molecule has 168 valence electrons. The van der Waals surface area contributed by atoms with Crippen molar-refractivity contribution in [2.75, 3.05) is 18.5 Å². The number of amides is 1. The van der Waals surface area contributed by atoms with Gasteiger partial charge in [-0.1, -0.05) is 91.0 Å². The number of nitrogens with one attached hydrogen (secondary N) is 2. The van der Waals surface area contributed by atoms with Gasteiger partial charge < -0.3 is 15.4 Å². The van der Waals surface area contributed by atoms with E-state index in [2.05, 4.69) is 34.9 Å². The molecule has 1 amide bonds. The third kappa shape index (κ3) is 4.86. The lowest BCUT2D eigenvalue weighted by atomic mass is 9.98. The average molecular weight is 447 g/mol. The molecular formula is C30H26N2O2. The van der Waals surface area contributed by atoms with Crippen molar-refractivity contribution >= 4 is 23.5 Å². The molecule has 0 saturated carbocycles. The molecule has 0 fully saturated rings. The van der Waals surface area contributed by atoms with Crippen molar-refractivity contribution in [3.63, 3.8) is 0 Å². The number of hydrogen-bond donors (Lipinski definition) is 2. The highest BCUT2D eigenvalue weighted by atomic mass is 16.5. The van der Waals surface area contributed by atoms with Crippen LogP contribution in [-0.2, 0) is 4.74 Å². The molecule has 0 radical (unpaired) electrons. The molecule has 2 N–H and O–H groups in total. The van der Waals surface area contributed by atoms with Crippen LogP contribution < -0.4 is 10.6 Å². The number of fused-ring (bicyclic) bond motifs is 3. The third-order valence-corrected chi connectivity index (χ3v) is 5.99. The lowest BCUT2D eigenvalue weighted by molar-refractivity contribution is 0.144. The van der Waals surface area contributed by atoms with Gasteiger partial charge in [0, 0.05) is 23.8 Å². The molecule has 4 aromatic rings. The second-order valence-electron chi connectivity index (χ2n) is 8.22. The first-order chi connectivity index (χ1) is 16.8. The number of alkyl carbamates (subject to hydrolysis) is 1. The van der Waals surface area contributed by atoms with Gasteiger partial charge in [0.15, 0.2) is 0 Å². The second kappa shape index (κ2) is 10.1. The van der Waals surface area contributed by atoms with Crippen LogP contribution in [0.25, 0.3) is 17.2 Å². The Morgan fingerprint density at radius 3 is 2.00 bits per heavy atom. The number of hydrogen-bond acceptors (Lipinski definition) is 3. The average Bonchev–Trinajstić information content (AvgIpc) is 3.21. The van der Waals surface area contributed by atoms with Gasteiger partial charge in [0.25, 0.3) is 0 Å². The Bertz CT molecular complexity index is 1250. The predicted molar refractivity (Wildman–Crippen MR) is 138 cm³/mol. The summed E-state index contributed by atoms with van der Waals surface area (Å²) < 4.78 is 5.57. The maximum absolute atomic E-state index is 12.3. The van der Waals surface area contributed by atoms with Crippen LogP contribution in [0.4, 0.5) is 16.2 Å². The summed E-state index contributed by atoms with van der Waals surface area (Å²) in [5, 5.41) is 6.17. The zero-order chi connectivity index (χ0) is 23.2. The number of carbonyl (C=O) groups excluding carboxylic acids is 1. The van der Waals surface area contributed by atoms with Crippen molar-refractivity contribution in [1.29, 1.82) is 0 Å². The van der Waals surface area contributed by atoms with Gasteiger partial charge in [-0.15, -0.1) is 0 Å². The van der Waals surface area contributed by atoms with Gasteiger partial charge in [-0.05, 0) is 52.1 Å². The summed E-state index contributed by atoms with van der Waals surface area (Å²) in [5.41, 5.74) is 8.01. The van der Waals surface area contributed by atoms with E-state index >= 15 is 0 Å². The van der Waals surface area contributed by atoms with E-state index in [9.17, 15) is 4.79 Å². The second-order valence-corrected chi connectivity index (χ2v) is 8.22. The first kappa shape index (κ1) is 21.5. The van der Waals surface area contributed by atoms with Crippen molar-refractivity contribution in [2.24, 2.45) is 0 Å². The Kier molecular flexibility index (Phi) is 6.39. The summed E-state index contributed by atoms with van der Waals surface area (Å²) in [7, 11) is 0. The maximum atomic E-state index is 12.3. The van der Waals surface area contributed by atoms with Gasteiger partial charge in [-0.25, -0.2) is 4.79 Å². The monoisotopic (exact) mass is 446 g/mol. The highest BCUT2D eigenvalue weighted by Gasteiger charge is 2.28. The minimum absolute atomic E-state index is 0.0664. The standard InChI is InChI=1S/C30H26N2O2/c33-30(34-21-29-27-14-6-4-12-25(27)26-13-5-7-15-28(26)29)31-20-8-9-22-16-18-24(19-17-22)32-23-10-2-1-3-11-23/h1-19,29,32H,20-21H2,(H,31,33). The van der Waals surface area contributed by atoms with Crippen LogP contribution >= 0.6 is 0 Å². The number of anilines is 2. The number of rotatable bonds is 7. The van der Waals surface area contributed by atoms with Gasteiger partial charge in [0.05, 0.1) is 0 Å². The molecule has 0 bridgehead atoms. The van der Waals surface area contributed by atoms with Crippen molar-refractivity contribution in [3.05, 3.63) is 126 Å². The van der Waals surface area contributed by atoms with Gasteiger partial charge >= 0.3 is 6.09 Å². The normalized spacial score (nSPS) is 12.2. The Hall–Kier alpha value is -4.31. The molecule has 0 aromatic heterocycles. The molecule has 0 aliphatic heterocycles. The van der Waals surface area contributed by atoms with E-state index in [4.69, 9.17) is 4.74 Å². The molecule has 4 nitrogen and oxygen atoms in total. The maximum Gasteiger partial charge on any atom is 0.407 e. The van der Waals surface area contributed by atoms with Gasteiger partial charge in [0.2, 0.25) is 0 Å². The van der Waals surface area contributed by atoms with Crippen LogP contribution in [0.5, 0.6) is 0 Å². The van der Waals surface area contributed by atoms with Gasteiger partial charge in [0.1, 0.15) is 6.61 Å². The largest absolute Gasteiger partial charge is 0.449 e. The molecule has 1 aliphatic carbocycles. The molecule has 0 heterocycles. The fourth-order valence-corrected chi connectivity index (χ4v) is 4.35. The molecule has 34 heavy (non-hydrogen) atoms. The Labute approximate surface area is 199 Å². The summed E-state index contributed by atoms with van der Waals surface area (Å²) in [6, 6.07) is 34.9. The molecule has 4 aromatic carbocycles. The summed E-state index contributed by atoms with van der Waals surface area (Å²) in [5.74, 6) is 0.0664. The van der Waals surface area contributed by atoms with Gasteiger partial charge in [-0.2, -0.15) is 0 Å². The van der Waals surface area contributed by atoms with Crippen LogP contribution in [-0.4, -0.2) is 19.2 Å². The molecule has 0 spiro atoms. The van der Waals surface area contributed by atoms with E-state index in [1.165, 1.54) is 22.3 Å². The van der Waals surface area contributed by atoms with E-state index < -0.39 is 6.09 Å². The Balaban J connectivity index is 1.11. The lowest BCUT2D eigenvalue weighted by Gasteiger charge is -2.14. The molecule has 5 rings (SSSR count). The van der Waals surface area contributed by atoms with Crippen molar-refractivity contribution in [2.45, 2.75) is 5.92 Å². The Morgan fingerprint density at radius 2 is 1.32 bits per heavy atom. The highest BCUT2D eigenvalue weighted by Crippen LogP contribution is 2.44. The fraction of sp³-hybridized carbons (Fsp3) is 0.100. The summed E-state index contributed by atoms with van der Waals surface area (Å²) in [6.07, 6.45) is 3.49. The van der Waals surface area contributed by atoms with Crippen LogP contribution in [0.2, 0.25) is 0 Å². The molecule has 0 atom stereocenters. The zero-order valence-electron chi connectivity index (χ0n) is 18.8. The SMILES string of the molecule is O=C(NCC=Cc1ccc(Nc2ccccc2)cc1)OCC1c2ccccc2-c2ccccc21. The smallest absolute Gasteiger partial charge is 0.407 e.